The highest BCUT2D eigenvalue weighted by molar-refractivity contribution is 5.86. The molecule has 1 heterocycles. The lowest BCUT2D eigenvalue weighted by Crippen LogP contribution is -2.16. The average Bonchev–Trinajstić information content (AvgIpc) is 2.98. The van der Waals surface area contributed by atoms with Gasteiger partial charge >= 0.3 is 5.97 Å². The van der Waals surface area contributed by atoms with Crippen LogP contribution in [0.4, 0.5) is 0 Å². The second kappa shape index (κ2) is 4.71. The van der Waals surface area contributed by atoms with Gasteiger partial charge in [0.25, 0.3) is 0 Å². The topological polar surface area (TPSA) is 68.0 Å². The van der Waals surface area contributed by atoms with Crippen molar-refractivity contribution in [1.82, 2.24) is 15.0 Å². The maximum absolute atomic E-state index is 11.1. The van der Waals surface area contributed by atoms with Crippen LogP contribution in [0.2, 0.25) is 0 Å². The lowest BCUT2D eigenvalue weighted by atomic mass is 9.83. The largest absolute Gasteiger partial charge is 0.476 e. The van der Waals surface area contributed by atoms with Crippen LogP contribution in [-0.2, 0) is 13.0 Å². The lowest BCUT2D eigenvalue weighted by Gasteiger charge is -2.25. The first-order valence-corrected chi connectivity index (χ1v) is 6.89. The number of rotatable bonds is 6. The molecule has 0 radical (unpaired) electrons. The van der Waals surface area contributed by atoms with Gasteiger partial charge in [0.2, 0.25) is 0 Å². The zero-order valence-corrected chi connectivity index (χ0v) is 10.5. The standard InChI is InChI=1S/C13H19N3O2/c17-13(18)12-11(8-10-4-5-10)16(15-14-12)7-6-9-2-1-3-9/h9-10H,1-8H2,(H,17,18). The third-order valence-electron chi connectivity index (χ3n) is 4.19. The average molecular weight is 249 g/mol. The second-order valence-electron chi connectivity index (χ2n) is 5.65. The summed E-state index contributed by atoms with van der Waals surface area (Å²) in [5, 5.41) is 17.0. The highest BCUT2D eigenvalue weighted by Gasteiger charge is 2.28. The minimum Gasteiger partial charge on any atom is -0.476 e. The van der Waals surface area contributed by atoms with Crippen LogP contribution in [0.25, 0.3) is 0 Å². The highest BCUT2D eigenvalue weighted by atomic mass is 16.4. The normalized spacial score (nSPS) is 19.8. The number of aromatic nitrogens is 3. The van der Waals surface area contributed by atoms with Crippen molar-refractivity contribution in [1.29, 1.82) is 0 Å². The molecule has 0 atom stereocenters. The number of hydrogen-bond acceptors (Lipinski definition) is 3. The van der Waals surface area contributed by atoms with Crippen molar-refractivity contribution in [2.75, 3.05) is 0 Å². The van der Waals surface area contributed by atoms with E-state index in [9.17, 15) is 4.79 Å². The lowest BCUT2D eigenvalue weighted by molar-refractivity contribution is 0.0689. The van der Waals surface area contributed by atoms with Crippen molar-refractivity contribution in [3.05, 3.63) is 11.4 Å². The molecule has 0 aromatic carbocycles. The fourth-order valence-electron chi connectivity index (χ4n) is 2.56. The molecule has 2 saturated carbocycles. The third-order valence-corrected chi connectivity index (χ3v) is 4.19. The maximum Gasteiger partial charge on any atom is 0.358 e. The molecule has 2 aliphatic rings. The first-order valence-electron chi connectivity index (χ1n) is 6.89. The Morgan fingerprint density at radius 3 is 2.61 bits per heavy atom. The van der Waals surface area contributed by atoms with E-state index in [-0.39, 0.29) is 5.69 Å². The van der Waals surface area contributed by atoms with Gasteiger partial charge in [-0.1, -0.05) is 24.5 Å². The van der Waals surface area contributed by atoms with Crippen LogP contribution in [-0.4, -0.2) is 26.1 Å². The van der Waals surface area contributed by atoms with Gasteiger partial charge in [-0.15, -0.1) is 5.10 Å². The molecule has 5 heteroatoms. The molecular weight excluding hydrogens is 230 g/mol. The van der Waals surface area contributed by atoms with Crippen molar-refractivity contribution in [2.24, 2.45) is 11.8 Å². The smallest absolute Gasteiger partial charge is 0.358 e. The molecule has 98 valence electrons. The maximum atomic E-state index is 11.1. The van der Waals surface area contributed by atoms with Gasteiger partial charge in [0.1, 0.15) is 0 Å². The predicted molar refractivity (Wildman–Crippen MR) is 65.4 cm³/mol. The third kappa shape index (κ3) is 2.40. The van der Waals surface area contributed by atoms with E-state index in [0.29, 0.717) is 5.92 Å². The van der Waals surface area contributed by atoms with Gasteiger partial charge < -0.3 is 5.11 Å². The zero-order chi connectivity index (χ0) is 12.5. The first kappa shape index (κ1) is 11.7. The van der Waals surface area contributed by atoms with Crippen LogP contribution in [0.3, 0.4) is 0 Å². The first-order chi connectivity index (χ1) is 8.74. The van der Waals surface area contributed by atoms with Crippen molar-refractivity contribution >= 4 is 5.97 Å². The van der Waals surface area contributed by atoms with Crippen molar-refractivity contribution < 1.29 is 9.90 Å². The fraction of sp³-hybridized carbons (Fsp3) is 0.769. The molecule has 0 saturated heterocycles. The highest BCUT2D eigenvalue weighted by Crippen LogP contribution is 2.34. The minimum absolute atomic E-state index is 0.163. The van der Waals surface area contributed by atoms with Crippen molar-refractivity contribution in [2.45, 2.75) is 51.5 Å². The Morgan fingerprint density at radius 1 is 1.28 bits per heavy atom. The molecule has 1 aromatic rings. The molecule has 3 rings (SSSR count). The summed E-state index contributed by atoms with van der Waals surface area (Å²) >= 11 is 0. The molecule has 1 N–H and O–H groups in total. The Hall–Kier alpha value is -1.39. The Morgan fingerprint density at radius 2 is 2.06 bits per heavy atom. The molecule has 2 aliphatic carbocycles. The number of aryl methyl sites for hydroxylation is 1. The van der Waals surface area contributed by atoms with E-state index in [1.54, 1.807) is 0 Å². The second-order valence-corrected chi connectivity index (χ2v) is 5.65. The summed E-state index contributed by atoms with van der Waals surface area (Å²) in [4.78, 5) is 11.1. The number of carboxylic acid groups (broad SMARTS) is 1. The van der Waals surface area contributed by atoms with Crippen LogP contribution in [0.5, 0.6) is 0 Å². The zero-order valence-electron chi connectivity index (χ0n) is 10.5. The van der Waals surface area contributed by atoms with Gasteiger partial charge in [0, 0.05) is 6.54 Å². The monoisotopic (exact) mass is 249 g/mol. The van der Waals surface area contributed by atoms with Crippen LogP contribution < -0.4 is 0 Å². The van der Waals surface area contributed by atoms with Crippen LogP contribution >= 0.6 is 0 Å². The minimum atomic E-state index is -0.944. The quantitative estimate of drug-likeness (QED) is 0.838. The van der Waals surface area contributed by atoms with Crippen LogP contribution in [0.1, 0.15) is 54.7 Å². The molecule has 0 aliphatic heterocycles. The number of aromatic carboxylic acids is 1. The van der Waals surface area contributed by atoms with Gasteiger partial charge in [-0.05, 0) is 37.5 Å². The van der Waals surface area contributed by atoms with E-state index in [2.05, 4.69) is 10.3 Å². The number of nitrogens with zero attached hydrogens (tertiary/aromatic N) is 3. The Kier molecular flexibility index (Phi) is 3.06. The van der Waals surface area contributed by atoms with Gasteiger partial charge in [0.15, 0.2) is 5.69 Å². The molecule has 1 aromatic heterocycles. The molecule has 0 spiro atoms. The fourth-order valence-corrected chi connectivity index (χ4v) is 2.56. The Labute approximate surface area is 106 Å². The molecular formula is C13H19N3O2. The van der Waals surface area contributed by atoms with Gasteiger partial charge in [-0.25, -0.2) is 9.48 Å². The van der Waals surface area contributed by atoms with E-state index in [4.69, 9.17) is 5.11 Å². The number of carboxylic acids is 1. The van der Waals surface area contributed by atoms with Crippen molar-refractivity contribution in [3.8, 4) is 0 Å². The van der Waals surface area contributed by atoms with E-state index in [1.165, 1.54) is 32.1 Å². The van der Waals surface area contributed by atoms with Gasteiger partial charge in [-0.2, -0.15) is 0 Å². The molecule has 5 nitrogen and oxygen atoms in total. The summed E-state index contributed by atoms with van der Waals surface area (Å²) < 4.78 is 1.83. The van der Waals surface area contributed by atoms with Crippen molar-refractivity contribution in [3.63, 3.8) is 0 Å². The van der Waals surface area contributed by atoms with E-state index < -0.39 is 5.97 Å². The molecule has 0 unspecified atom stereocenters. The summed E-state index contributed by atoms with van der Waals surface area (Å²) in [7, 11) is 0. The summed E-state index contributed by atoms with van der Waals surface area (Å²) in [6.07, 6.45) is 8.35. The predicted octanol–water partition coefficient (Wildman–Crippen LogP) is 2.12. The van der Waals surface area contributed by atoms with Gasteiger partial charge in [-0.3, -0.25) is 0 Å². The summed E-state index contributed by atoms with van der Waals surface area (Å²) in [5.74, 6) is 0.529. The Bertz CT molecular complexity index is 447. The SMILES string of the molecule is O=C(O)c1nnn(CCC2CCC2)c1CC1CC1. The van der Waals surface area contributed by atoms with E-state index >= 15 is 0 Å². The summed E-state index contributed by atoms with van der Waals surface area (Å²) in [5.41, 5.74) is 1.000. The van der Waals surface area contributed by atoms with E-state index in [0.717, 1.165) is 31.0 Å². The van der Waals surface area contributed by atoms with E-state index in [1.807, 2.05) is 4.68 Å². The summed E-state index contributed by atoms with van der Waals surface area (Å²) in [6, 6.07) is 0. The molecule has 2 fully saturated rings. The van der Waals surface area contributed by atoms with Crippen LogP contribution in [0, 0.1) is 11.8 Å². The molecule has 0 bridgehead atoms. The summed E-state index contributed by atoms with van der Waals surface area (Å²) in [6.45, 7) is 0.826. The number of carbonyl (C=O) groups is 1. The molecule has 18 heavy (non-hydrogen) atoms. The van der Waals surface area contributed by atoms with Crippen LogP contribution in [0.15, 0.2) is 0 Å². The van der Waals surface area contributed by atoms with Gasteiger partial charge in [0.05, 0.1) is 5.69 Å². The molecule has 0 amide bonds. The Balaban J connectivity index is 1.71. The number of hydrogen-bond donors (Lipinski definition) is 1.